The molecule has 0 unspecified atom stereocenters. The average molecular weight is 423 g/mol. The van der Waals surface area contributed by atoms with E-state index >= 15 is 0 Å². The van der Waals surface area contributed by atoms with E-state index in [1.165, 1.54) is 12.4 Å². The van der Waals surface area contributed by atoms with E-state index in [1.54, 1.807) is 34.4 Å². The van der Waals surface area contributed by atoms with E-state index in [9.17, 15) is 9.18 Å². The summed E-state index contributed by atoms with van der Waals surface area (Å²) >= 11 is 0. The maximum Gasteiger partial charge on any atom is 0.245 e. The van der Waals surface area contributed by atoms with Crippen molar-refractivity contribution < 1.29 is 9.18 Å². The molecule has 0 saturated carbocycles. The average Bonchev–Trinajstić information content (AvgIpc) is 3.27. The molecule has 0 atom stereocenters. The molecular formula is C20H22FN9O. The van der Waals surface area contributed by atoms with Gasteiger partial charge in [0.15, 0.2) is 17.0 Å². The van der Waals surface area contributed by atoms with Crippen molar-refractivity contribution in [3.05, 3.63) is 47.7 Å². The van der Waals surface area contributed by atoms with Gasteiger partial charge >= 0.3 is 0 Å². The van der Waals surface area contributed by atoms with E-state index < -0.39 is 0 Å². The van der Waals surface area contributed by atoms with Crippen molar-refractivity contribution in [1.82, 2.24) is 29.3 Å². The lowest BCUT2D eigenvalue weighted by Crippen LogP contribution is -2.20. The van der Waals surface area contributed by atoms with Crippen molar-refractivity contribution in [3.63, 3.8) is 0 Å². The minimum atomic E-state index is -0.298. The van der Waals surface area contributed by atoms with Gasteiger partial charge in [-0.05, 0) is 44.5 Å². The van der Waals surface area contributed by atoms with Crippen molar-refractivity contribution in [2.24, 2.45) is 0 Å². The van der Waals surface area contributed by atoms with E-state index in [0.29, 0.717) is 40.6 Å². The lowest BCUT2D eigenvalue weighted by molar-refractivity contribution is -0.116. The first-order valence-corrected chi connectivity index (χ1v) is 9.70. The Morgan fingerprint density at radius 2 is 2.03 bits per heavy atom. The zero-order valence-electron chi connectivity index (χ0n) is 17.3. The minimum Gasteiger partial charge on any atom is -0.368 e. The molecule has 10 nitrogen and oxygen atoms in total. The van der Waals surface area contributed by atoms with Crippen molar-refractivity contribution in [2.45, 2.75) is 33.9 Å². The fourth-order valence-electron chi connectivity index (χ4n) is 3.25. The molecule has 1 aromatic carbocycles. The Morgan fingerprint density at radius 3 is 2.77 bits per heavy atom. The Hall–Kier alpha value is -4.02. The quantitative estimate of drug-likeness (QED) is 0.435. The lowest BCUT2D eigenvalue weighted by Gasteiger charge is -2.10. The number of hydrogen-bond acceptors (Lipinski definition) is 7. The van der Waals surface area contributed by atoms with Crippen LogP contribution < -0.4 is 16.4 Å². The standard InChI is InChI=1S/C20H22FN9O/c1-4-30-15(8-12(3)28-30)25-16(31)9-29-10-23-17-18(26-20(22)27-19(17)29)24-13-5-6-14(21)11(2)7-13/h5-8,10H,4,9H2,1-3H3,(H,25,31)(H3,22,24,26,27). The number of hydrogen-bond donors (Lipinski definition) is 3. The van der Waals surface area contributed by atoms with Crippen LogP contribution in [0.2, 0.25) is 0 Å². The number of rotatable bonds is 6. The monoisotopic (exact) mass is 423 g/mol. The molecule has 0 radical (unpaired) electrons. The van der Waals surface area contributed by atoms with Gasteiger partial charge in [0.2, 0.25) is 11.9 Å². The number of nitrogens with zero attached hydrogens (tertiary/aromatic N) is 6. The van der Waals surface area contributed by atoms with Crippen molar-refractivity contribution >= 4 is 40.3 Å². The van der Waals surface area contributed by atoms with Gasteiger partial charge in [-0.3, -0.25) is 4.79 Å². The fraction of sp³-hybridized carbons (Fsp3) is 0.250. The number of nitrogens with one attached hydrogen (secondary N) is 2. The lowest BCUT2D eigenvalue weighted by atomic mass is 10.2. The molecule has 0 aliphatic carbocycles. The first-order valence-electron chi connectivity index (χ1n) is 9.70. The minimum absolute atomic E-state index is 0.0179. The Bertz CT molecular complexity index is 1280. The normalized spacial score (nSPS) is 11.1. The van der Waals surface area contributed by atoms with Gasteiger partial charge in [-0.1, -0.05) is 0 Å². The van der Waals surface area contributed by atoms with Gasteiger partial charge < -0.3 is 20.9 Å². The molecule has 3 heterocycles. The van der Waals surface area contributed by atoms with Crippen LogP contribution in [0.3, 0.4) is 0 Å². The van der Waals surface area contributed by atoms with Gasteiger partial charge in [0.1, 0.15) is 18.2 Å². The molecule has 160 valence electrons. The number of anilines is 4. The molecule has 1 amide bonds. The van der Waals surface area contributed by atoms with Gasteiger partial charge in [0.25, 0.3) is 0 Å². The summed E-state index contributed by atoms with van der Waals surface area (Å²) in [5.41, 5.74) is 8.67. The highest BCUT2D eigenvalue weighted by Crippen LogP contribution is 2.24. The zero-order valence-corrected chi connectivity index (χ0v) is 17.3. The third kappa shape index (κ3) is 4.15. The van der Waals surface area contributed by atoms with Crippen LogP contribution in [-0.4, -0.2) is 35.2 Å². The summed E-state index contributed by atoms with van der Waals surface area (Å²) in [6.45, 7) is 6.10. The summed E-state index contributed by atoms with van der Waals surface area (Å²) in [5.74, 6) is 0.461. The van der Waals surface area contributed by atoms with Crippen LogP contribution >= 0.6 is 0 Å². The molecule has 0 saturated heterocycles. The Kier molecular flexibility index (Phi) is 5.24. The smallest absolute Gasteiger partial charge is 0.245 e. The summed E-state index contributed by atoms with van der Waals surface area (Å²) in [7, 11) is 0. The number of carbonyl (C=O) groups is 1. The van der Waals surface area contributed by atoms with Gasteiger partial charge in [-0.15, -0.1) is 0 Å². The second kappa shape index (κ2) is 8.01. The topological polar surface area (TPSA) is 129 Å². The number of fused-ring (bicyclic) bond motifs is 1. The van der Waals surface area contributed by atoms with Crippen LogP contribution in [-0.2, 0) is 17.9 Å². The number of nitrogens with two attached hydrogens (primary N) is 1. The summed E-state index contributed by atoms with van der Waals surface area (Å²) in [5, 5.41) is 10.3. The molecule has 3 aromatic heterocycles. The Morgan fingerprint density at radius 1 is 1.23 bits per heavy atom. The molecule has 11 heteroatoms. The van der Waals surface area contributed by atoms with Gasteiger partial charge in [-0.2, -0.15) is 15.1 Å². The predicted octanol–water partition coefficient (Wildman–Crippen LogP) is 2.76. The second-order valence-corrected chi connectivity index (χ2v) is 7.10. The number of aromatic nitrogens is 6. The highest BCUT2D eigenvalue weighted by atomic mass is 19.1. The largest absolute Gasteiger partial charge is 0.368 e. The molecule has 0 bridgehead atoms. The van der Waals surface area contributed by atoms with Crippen LogP contribution in [0.15, 0.2) is 30.6 Å². The van der Waals surface area contributed by atoms with E-state index in [1.807, 2.05) is 13.8 Å². The van der Waals surface area contributed by atoms with Crippen molar-refractivity contribution in [1.29, 1.82) is 0 Å². The van der Waals surface area contributed by atoms with Crippen molar-refractivity contribution in [3.8, 4) is 0 Å². The Labute approximate surface area is 177 Å². The summed E-state index contributed by atoms with van der Waals surface area (Å²) in [6.07, 6.45) is 1.50. The first-order chi connectivity index (χ1) is 14.8. The van der Waals surface area contributed by atoms with Crippen LogP contribution in [0.5, 0.6) is 0 Å². The second-order valence-electron chi connectivity index (χ2n) is 7.10. The number of benzene rings is 1. The number of carbonyl (C=O) groups excluding carboxylic acids is 1. The molecule has 31 heavy (non-hydrogen) atoms. The fourth-order valence-corrected chi connectivity index (χ4v) is 3.25. The third-order valence-corrected chi connectivity index (χ3v) is 4.68. The maximum absolute atomic E-state index is 13.6. The molecular weight excluding hydrogens is 401 g/mol. The molecule has 0 fully saturated rings. The molecule has 4 rings (SSSR count). The number of aryl methyl sites for hydroxylation is 3. The van der Waals surface area contributed by atoms with Crippen molar-refractivity contribution in [2.75, 3.05) is 16.4 Å². The van der Waals surface area contributed by atoms with Crippen LogP contribution in [0, 0.1) is 19.7 Å². The number of nitrogen functional groups attached to an aromatic ring is 1. The maximum atomic E-state index is 13.6. The molecule has 0 aliphatic heterocycles. The highest BCUT2D eigenvalue weighted by Gasteiger charge is 2.16. The van der Waals surface area contributed by atoms with E-state index in [-0.39, 0.29) is 24.2 Å². The van der Waals surface area contributed by atoms with Crippen LogP contribution in [0.25, 0.3) is 11.2 Å². The SMILES string of the molecule is CCn1nc(C)cc1NC(=O)Cn1cnc2c(Nc3ccc(F)c(C)c3)nc(N)nc21. The zero-order chi connectivity index (χ0) is 22.1. The van der Waals surface area contributed by atoms with Crippen LogP contribution in [0.4, 0.5) is 27.7 Å². The first kappa shape index (κ1) is 20.3. The highest BCUT2D eigenvalue weighted by molar-refractivity contribution is 5.92. The van der Waals surface area contributed by atoms with Gasteiger partial charge in [0.05, 0.1) is 12.0 Å². The summed E-state index contributed by atoms with van der Waals surface area (Å²) < 4.78 is 16.9. The molecule has 0 spiro atoms. The third-order valence-electron chi connectivity index (χ3n) is 4.68. The van der Waals surface area contributed by atoms with Gasteiger partial charge in [-0.25, -0.2) is 14.1 Å². The summed E-state index contributed by atoms with van der Waals surface area (Å²) in [4.78, 5) is 25.4. The number of amides is 1. The molecule has 4 aromatic rings. The predicted molar refractivity (Wildman–Crippen MR) is 115 cm³/mol. The Balaban J connectivity index is 1.59. The van der Waals surface area contributed by atoms with E-state index in [2.05, 4.69) is 30.7 Å². The molecule has 4 N–H and O–H groups in total. The van der Waals surface area contributed by atoms with Crippen LogP contribution in [0.1, 0.15) is 18.2 Å². The number of halogens is 1. The molecule has 0 aliphatic rings. The summed E-state index contributed by atoms with van der Waals surface area (Å²) in [6, 6.07) is 6.42. The van der Waals surface area contributed by atoms with E-state index in [4.69, 9.17) is 5.73 Å². The van der Waals surface area contributed by atoms with Gasteiger partial charge in [0, 0.05) is 18.3 Å². The van der Waals surface area contributed by atoms with E-state index in [0.717, 1.165) is 5.69 Å². The number of imidazole rings is 1.